The number of carbonyl (C=O) groups is 1. The third kappa shape index (κ3) is 3.17. The lowest BCUT2D eigenvalue weighted by Gasteiger charge is -2.22. The van der Waals surface area contributed by atoms with Gasteiger partial charge in [0.15, 0.2) is 0 Å². The summed E-state index contributed by atoms with van der Waals surface area (Å²) in [5.74, 6) is 0.873. The summed E-state index contributed by atoms with van der Waals surface area (Å²) in [6.45, 7) is 0.478. The van der Waals surface area contributed by atoms with Crippen molar-refractivity contribution in [2.75, 3.05) is 7.11 Å². The van der Waals surface area contributed by atoms with E-state index in [2.05, 4.69) is 10.3 Å². The summed E-state index contributed by atoms with van der Waals surface area (Å²) in [4.78, 5) is 16.2. The average molecular weight is 369 g/mol. The van der Waals surface area contributed by atoms with Gasteiger partial charge < -0.3 is 15.0 Å². The van der Waals surface area contributed by atoms with Crippen molar-refractivity contribution >= 4 is 28.4 Å². The van der Waals surface area contributed by atoms with Gasteiger partial charge >= 0.3 is 0 Å². The van der Waals surface area contributed by atoms with E-state index in [-0.39, 0.29) is 11.8 Å². The first kappa shape index (κ1) is 17.0. The van der Waals surface area contributed by atoms with E-state index in [4.69, 9.17) is 16.3 Å². The lowest BCUT2D eigenvalue weighted by Crippen LogP contribution is -2.33. The number of aryl methyl sites for hydroxylation is 1. The summed E-state index contributed by atoms with van der Waals surface area (Å²) in [5.41, 5.74) is 4.54. The number of amides is 1. The van der Waals surface area contributed by atoms with Crippen LogP contribution in [-0.4, -0.2) is 18.0 Å². The zero-order chi connectivity index (χ0) is 18.1. The molecule has 3 aromatic rings. The summed E-state index contributed by atoms with van der Waals surface area (Å²) in [7, 11) is 1.64. The molecule has 0 radical (unpaired) electrons. The van der Waals surface area contributed by atoms with Crippen LogP contribution in [0.4, 0.5) is 0 Å². The van der Waals surface area contributed by atoms with Crippen LogP contribution < -0.4 is 10.1 Å². The summed E-state index contributed by atoms with van der Waals surface area (Å²) in [6.07, 6.45) is 2.48. The van der Waals surface area contributed by atoms with E-state index in [0.717, 1.165) is 46.5 Å². The molecule has 1 heterocycles. The molecule has 2 aromatic carbocycles. The fourth-order valence-electron chi connectivity index (χ4n) is 3.79. The van der Waals surface area contributed by atoms with Crippen LogP contribution in [-0.2, 0) is 24.2 Å². The average Bonchev–Trinajstić information content (AvgIpc) is 3.03. The Bertz CT molecular complexity index is 964. The molecule has 1 aliphatic rings. The molecule has 26 heavy (non-hydrogen) atoms. The molecule has 1 aliphatic carbocycles. The second-order valence-corrected chi connectivity index (χ2v) is 7.18. The van der Waals surface area contributed by atoms with Crippen LogP contribution in [0.25, 0.3) is 10.9 Å². The predicted octanol–water partition coefficient (Wildman–Crippen LogP) is 4.25. The van der Waals surface area contributed by atoms with Gasteiger partial charge in [0.05, 0.1) is 7.11 Å². The van der Waals surface area contributed by atoms with E-state index in [0.29, 0.717) is 6.54 Å². The first-order valence-electron chi connectivity index (χ1n) is 8.84. The Hall–Kier alpha value is -2.46. The maximum Gasteiger partial charge on any atom is 0.223 e. The molecule has 4 rings (SSSR count). The standard InChI is InChI=1S/C21H21ClN2O2/c1-26-20-5-3-2-4-14(20)12-23-21(25)13-6-8-18-16(10-13)17-11-15(22)7-9-19(17)24-18/h2-5,7,9,11,13,24H,6,8,10,12H2,1H3,(H,23,25). The van der Waals surface area contributed by atoms with Gasteiger partial charge in [0.2, 0.25) is 5.91 Å². The number of hydrogen-bond donors (Lipinski definition) is 2. The maximum absolute atomic E-state index is 12.7. The minimum Gasteiger partial charge on any atom is -0.496 e. The molecule has 1 aromatic heterocycles. The quantitative estimate of drug-likeness (QED) is 0.723. The lowest BCUT2D eigenvalue weighted by atomic mass is 9.86. The summed E-state index contributed by atoms with van der Waals surface area (Å²) < 4.78 is 5.35. The second-order valence-electron chi connectivity index (χ2n) is 6.74. The molecule has 1 atom stereocenters. The van der Waals surface area contributed by atoms with E-state index < -0.39 is 0 Å². The van der Waals surface area contributed by atoms with Crippen molar-refractivity contribution in [2.45, 2.75) is 25.8 Å². The normalized spacial score (nSPS) is 16.3. The van der Waals surface area contributed by atoms with Gasteiger partial charge in [0.25, 0.3) is 0 Å². The number of fused-ring (bicyclic) bond motifs is 3. The van der Waals surface area contributed by atoms with E-state index in [1.54, 1.807) is 7.11 Å². The number of aromatic nitrogens is 1. The highest BCUT2D eigenvalue weighted by Gasteiger charge is 2.27. The van der Waals surface area contributed by atoms with Gasteiger partial charge in [-0.25, -0.2) is 0 Å². The van der Waals surface area contributed by atoms with Crippen LogP contribution in [0.3, 0.4) is 0 Å². The number of H-pyrrole nitrogens is 1. The van der Waals surface area contributed by atoms with Gasteiger partial charge in [-0.05, 0) is 49.1 Å². The largest absolute Gasteiger partial charge is 0.496 e. The number of para-hydroxylation sites is 1. The van der Waals surface area contributed by atoms with Gasteiger partial charge in [0, 0.05) is 39.6 Å². The summed E-state index contributed by atoms with van der Waals surface area (Å²) in [6, 6.07) is 13.6. The molecule has 0 spiro atoms. The molecular weight excluding hydrogens is 348 g/mol. The highest BCUT2D eigenvalue weighted by molar-refractivity contribution is 6.31. The molecule has 2 N–H and O–H groups in total. The number of rotatable bonds is 4. The number of ether oxygens (including phenoxy) is 1. The Balaban J connectivity index is 1.49. The van der Waals surface area contributed by atoms with E-state index in [1.807, 2.05) is 42.5 Å². The third-order valence-corrected chi connectivity index (χ3v) is 5.40. The van der Waals surface area contributed by atoms with E-state index in [9.17, 15) is 4.79 Å². The number of hydrogen-bond acceptors (Lipinski definition) is 2. The minimum atomic E-state index is -0.0183. The number of halogens is 1. The van der Waals surface area contributed by atoms with Crippen molar-refractivity contribution in [3.8, 4) is 5.75 Å². The maximum atomic E-state index is 12.7. The number of methoxy groups -OCH3 is 1. The van der Waals surface area contributed by atoms with Gasteiger partial charge in [-0.1, -0.05) is 29.8 Å². The van der Waals surface area contributed by atoms with Gasteiger partial charge in [-0.3, -0.25) is 4.79 Å². The predicted molar refractivity (Wildman–Crippen MR) is 104 cm³/mol. The van der Waals surface area contributed by atoms with Crippen LogP contribution in [0, 0.1) is 5.92 Å². The van der Waals surface area contributed by atoms with Gasteiger partial charge in [-0.2, -0.15) is 0 Å². The van der Waals surface area contributed by atoms with Crippen molar-refractivity contribution in [3.05, 3.63) is 64.3 Å². The molecule has 0 bridgehead atoms. The second kappa shape index (κ2) is 7.04. The van der Waals surface area contributed by atoms with Crippen molar-refractivity contribution in [3.63, 3.8) is 0 Å². The van der Waals surface area contributed by atoms with Crippen LogP contribution in [0.1, 0.15) is 23.2 Å². The summed E-state index contributed by atoms with van der Waals surface area (Å²) >= 11 is 6.16. The lowest BCUT2D eigenvalue weighted by molar-refractivity contribution is -0.125. The first-order chi connectivity index (χ1) is 12.7. The van der Waals surface area contributed by atoms with Crippen molar-refractivity contribution in [2.24, 2.45) is 5.92 Å². The Morgan fingerprint density at radius 2 is 2.15 bits per heavy atom. The van der Waals surface area contributed by atoms with Crippen LogP contribution in [0.2, 0.25) is 5.02 Å². The van der Waals surface area contributed by atoms with Gasteiger partial charge in [-0.15, -0.1) is 0 Å². The molecule has 0 aliphatic heterocycles. The van der Waals surface area contributed by atoms with Crippen molar-refractivity contribution < 1.29 is 9.53 Å². The molecule has 5 heteroatoms. The van der Waals surface area contributed by atoms with E-state index in [1.165, 1.54) is 11.3 Å². The highest BCUT2D eigenvalue weighted by atomic mass is 35.5. The highest BCUT2D eigenvalue weighted by Crippen LogP contribution is 2.33. The van der Waals surface area contributed by atoms with Crippen LogP contribution in [0.5, 0.6) is 5.75 Å². The molecule has 4 nitrogen and oxygen atoms in total. The number of benzene rings is 2. The summed E-state index contributed by atoms with van der Waals surface area (Å²) in [5, 5.41) is 4.93. The smallest absolute Gasteiger partial charge is 0.223 e. The van der Waals surface area contributed by atoms with Crippen molar-refractivity contribution in [1.82, 2.24) is 10.3 Å². The molecule has 0 saturated carbocycles. The number of nitrogens with one attached hydrogen (secondary N) is 2. The monoisotopic (exact) mass is 368 g/mol. The molecule has 1 unspecified atom stereocenters. The van der Waals surface area contributed by atoms with E-state index >= 15 is 0 Å². The zero-order valence-electron chi connectivity index (χ0n) is 14.6. The number of carbonyl (C=O) groups excluding carboxylic acids is 1. The number of aromatic amines is 1. The molecule has 0 fully saturated rings. The Morgan fingerprint density at radius 1 is 1.31 bits per heavy atom. The minimum absolute atomic E-state index is 0.0183. The zero-order valence-corrected chi connectivity index (χ0v) is 15.4. The first-order valence-corrected chi connectivity index (χ1v) is 9.22. The fraction of sp³-hybridized carbons (Fsp3) is 0.286. The molecular formula is C21H21ClN2O2. The third-order valence-electron chi connectivity index (χ3n) is 5.17. The SMILES string of the molecule is COc1ccccc1CNC(=O)C1CCc2[nH]c3ccc(Cl)cc3c2C1. The van der Waals surface area contributed by atoms with Gasteiger partial charge in [0.1, 0.15) is 5.75 Å². The molecule has 0 saturated heterocycles. The topological polar surface area (TPSA) is 54.1 Å². The molecule has 1 amide bonds. The van der Waals surface area contributed by atoms with Crippen molar-refractivity contribution in [1.29, 1.82) is 0 Å². The Morgan fingerprint density at radius 3 is 3.00 bits per heavy atom. The fourth-order valence-corrected chi connectivity index (χ4v) is 3.96. The van der Waals surface area contributed by atoms with Crippen LogP contribution >= 0.6 is 11.6 Å². The Kier molecular flexibility index (Phi) is 4.60. The van der Waals surface area contributed by atoms with Crippen LogP contribution in [0.15, 0.2) is 42.5 Å². The Labute approximate surface area is 157 Å². The molecule has 134 valence electrons.